The molecule has 0 spiro atoms. The van der Waals surface area contributed by atoms with Crippen LogP contribution in [0.4, 0.5) is 4.39 Å². The molecule has 0 aliphatic carbocycles. The van der Waals surface area contributed by atoms with Crippen LogP contribution in [0.2, 0.25) is 0 Å². The van der Waals surface area contributed by atoms with Gasteiger partial charge in [-0.15, -0.1) is 11.8 Å². The minimum Gasteiger partial charge on any atom is -0.354 e. The van der Waals surface area contributed by atoms with E-state index < -0.39 is 6.04 Å². The Kier molecular flexibility index (Phi) is 9.19. The number of carbonyl (C=O) groups excluding carboxylic acids is 2. The van der Waals surface area contributed by atoms with Crippen molar-refractivity contribution in [3.8, 4) is 0 Å². The monoisotopic (exact) mass is 416 g/mol. The zero-order valence-electron chi connectivity index (χ0n) is 17.2. The summed E-state index contributed by atoms with van der Waals surface area (Å²) in [5, 5.41) is 2.89. The molecule has 1 atom stereocenters. The van der Waals surface area contributed by atoms with E-state index in [-0.39, 0.29) is 29.9 Å². The van der Waals surface area contributed by atoms with Crippen LogP contribution in [0.3, 0.4) is 0 Å². The van der Waals surface area contributed by atoms with Crippen molar-refractivity contribution in [3.05, 3.63) is 71.5 Å². The standard InChI is InChI=1S/C23H29FN2O2S/c1-17(2)13-25-23(28)18(3)26(14-19-9-11-21(24)12-10-19)22(27)16-29-15-20-7-5-4-6-8-20/h4-12,17-18H,13-16H2,1-3H3,(H,25,28)/t18-/m1/s1. The SMILES string of the molecule is CC(C)CNC(=O)[C@@H](C)N(Cc1ccc(F)cc1)C(=O)CSCc1ccccc1. The lowest BCUT2D eigenvalue weighted by atomic mass is 10.1. The lowest BCUT2D eigenvalue weighted by Crippen LogP contribution is -2.48. The number of halogens is 1. The molecule has 0 unspecified atom stereocenters. The van der Waals surface area contributed by atoms with Gasteiger partial charge in [-0.2, -0.15) is 0 Å². The highest BCUT2D eigenvalue weighted by Crippen LogP contribution is 2.16. The van der Waals surface area contributed by atoms with Gasteiger partial charge in [-0.05, 0) is 36.1 Å². The second kappa shape index (κ2) is 11.6. The maximum Gasteiger partial charge on any atom is 0.242 e. The molecule has 1 N–H and O–H groups in total. The Labute approximate surface area is 176 Å². The predicted octanol–water partition coefficient (Wildman–Crippen LogP) is 4.25. The molecule has 0 bridgehead atoms. The Hall–Kier alpha value is -2.34. The Bertz CT molecular complexity index is 781. The van der Waals surface area contributed by atoms with Crippen LogP contribution in [0.5, 0.6) is 0 Å². The molecule has 0 aromatic heterocycles. The minimum absolute atomic E-state index is 0.109. The molecule has 0 aliphatic heterocycles. The fraction of sp³-hybridized carbons (Fsp3) is 0.391. The number of thioether (sulfide) groups is 1. The van der Waals surface area contributed by atoms with Gasteiger partial charge in [0.25, 0.3) is 0 Å². The number of hydrogen-bond donors (Lipinski definition) is 1. The quantitative estimate of drug-likeness (QED) is 0.630. The largest absolute Gasteiger partial charge is 0.354 e. The fourth-order valence-corrected chi connectivity index (χ4v) is 3.61. The topological polar surface area (TPSA) is 49.4 Å². The van der Waals surface area contributed by atoms with Gasteiger partial charge in [0.2, 0.25) is 11.8 Å². The first kappa shape index (κ1) is 22.9. The van der Waals surface area contributed by atoms with Crippen LogP contribution in [-0.4, -0.2) is 35.1 Å². The summed E-state index contributed by atoms with van der Waals surface area (Å²) in [4.78, 5) is 27.1. The minimum atomic E-state index is -0.608. The molecule has 2 rings (SSSR count). The molecular weight excluding hydrogens is 387 g/mol. The van der Waals surface area contributed by atoms with Gasteiger partial charge in [-0.3, -0.25) is 9.59 Å². The number of amides is 2. The smallest absolute Gasteiger partial charge is 0.242 e. The van der Waals surface area contributed by atoms with Gasteiger partial charge < -0.3 is 10.2 Å². The van der Waals surface area contributed by atoms with Gasteiger partial charge in [0.05, 0.1) is 5.75 Å². The summed E-state index contributed by atoms with van der Waals surface area (Å²) in [5.74, 6) is 0.717. The molecule has 0 aliphatic rings. The molecular formula is C23H29FN2O2S. The zero-order valence-corrected chi connectivity index (χ0v) is 18.0. The zero-order chi connectivity index (χ0) is 21.2. The molecule has 0 radical (unpaired) electrons. The van der Waals surface area contributed by atoms with E-state index in [0.29, 0.717) is 12.5 Å². The van der Waals surface area contributed by atoms with Crippen molar-refractivity contribution in [1.82, 2.24) is 10.2 Å². The second-order valence-corrected chi connectivity index (χ2v) is 8.43. The number of carbonyl (C=O) groups is 2. The van der Waals surface area contributed by atoms with Gasteiger partial charge >= 0.3 is 0 Å². The molecule has 6 heteroatoms. The average Bonchev–Trinajstić information content (AvgIpc) is 2.71. The van der Waals surface area contributed by atoms with Crippen LogP contribution in [0.1, 0.15) is 31.9 Å². The normalized spacial score (nSPS) is 11.9. The Morgan fingerprint density at radius 2 is 1.66 bits per heavy atom. The van der Waals surface area contributed by atoms with E-state index in [1.807, 2.05) is 44.2 Å². The Morgan fingerprint density at radius 3 is 2.28 bits per heavy atom. The van der Waals surface area contributed by atoms with Crippen molar-refractivity contribution in [3.63, 3.8) is 0 Å². The lowest BCUT2D eigenvalue weighted by Gasteiger charge is -2.29. The average molecular weight is 417 g/mol. The molecule has 0 saturated heterocycles. The van der Waals surface area contributed by atoms with Crippen LogP contribution in [0, 0.1) is 11.7 Å². The van der Waals surface area contributed by atoms with Crippen molar-refractivity contribution < 1.29 is 14.0 Å². The van der Waals surface area contributed by atoms with Crippen molar-refractivity contribution in [2.75, 3.05) is 12.3 Å². The Balaban J connectivity index is 2.04. The van der Waals surface area contributed by atoms with Crippen molar-refractivity contribution >= 4 is 23.6 Å². The van der Waals surface area contributed by atoms with Crippen LogP contribution in [0.25, 0.3) is 0 Å². The van der Waals surface area contributed by atoms with Crippen molar-refractivity contribution in [1.29, 1.82) is 0 Å². The van der Waals surface area contributed by atoms with E-state index >= 15 is 0 Å². The Morgan fingerprint density at radius 1 is 1.00 bits per heavy atom. The second-order valence-electron chi connectivity index (χ2n) is 7.44. The van der Waals surface area contributed by atoms with Crippen LogP contribution in [0.15, 0.2) is 54.6 Å². The highest BCUT2D eigenvalue weighted by Gasteiger charge is 2.26. The number of rotatable bonds is 10. The van der Waals surface area contributed by atoms with E-state index in [2.05, 4.69) is 5.32 Å². The molecule has 0 saturated carbocycles. The third kappa shape index (κ3) is 7.89. The molecule has 0 fully saturated rings. The molecule has 156 valence electrons. The summed E-state index contributed by atoms with van der Waals surface area (Å²) in [7, 11) is 0. The van der Waals surface area contributed by atoms with E-state index in [9.17, 15) is 14.0 Å². The number of nitrogens with one attached hydrogen (secondary N) is 1. The van der Waals surface area contributed by atoms with Gasteiger partial charge in [-0.25, -0.2) is 4.39 Å². The maximum absolute atomic E-state index is 13.2. The summed E-state index contributed by atoms with van der Waals surface area (Å²) in [5.41, 5.74) is 1.94. The van der Waals surface area contributed by atoms with Crippen LogP contribution < -0.4 is 5.32 Å². The van der Waals surface area contributed by atoms with E-state index in [0.717, 1.165) is 16.9 Å². The summed E-state index contributed by atoms with van der Waals surface area (Å²) in [6, 6.07) is 15.4. The highest BCUT2D eigenvalue weighted by atomic mass is 32.2. The highest BCUT2D eigenvalue weighted by molar-refractivity contribution is 7.99. The summed E-state index contributed by atoms with van der Waals surface area (Å²) in [6.07, 6.45) is 0. The summed E-state index contributed by atoms with van der Waals surface area (Å²) in [6.45, 7) is 6.60. The summed E-state index contributed by atoms with van der Waals surface area (Å²) < 4.78 is 13.2. The van der Waals surface area contributed by atoms with Gasteiger partial charge in [0.1, 0.15) is 11.9 Å². The van der Waals surface area contributed by atoms with Crippen LogP contribution in [-0.2, 0) is 21.9 Å². The van der Waals surface area contributed by atoms with E-state index in [4.69, 9.17) is 0 Å². The first-order valence-electron chi connectivity index (χ1n) is 9.80. The molecule has 2 aromatic carbocycles. The predicted molar refractivity (Wildman–Crippen MR) is 117 cm³/mol. The van der Waals surface area contributed by atoms with Gasteiger partial charge in [0.15, 0.2) is 0 Å². The molecule has 4 nitrogen and oxygen atoms in total. The molecule has 0 heterocycles. The number of hydrogen-bond acceptors (Lipinski definition) is 3. The number of nitrogens with zero attached hydrogens (tertiary/aromatic N) is 1. The van der Waals surface area contributed by atoms with Crippen molar-refractivity contribution in [2.45, 2.75) is 39.1 Å². The number of benzene rings is 2. The van der Waals surface area contributed by atoms with E-state index in [1.54, 1.807) is 24.0 Å². The van der Waals surface area contributed by atoms with Gasteiger partial charge in [0, 0.05) is 18.8 Å². The first-order chi connectivity index (χ1) is 13.9. The maximum atomic E-state index is 13.2. The van der Waals surface area contributed by atoms with Crippen LogP contribution >= 0.6 is 11.8 Å². The molecule has 2 amide bonds. The third-order valence-electron chi connectivity index (χ3n) is 4.46. The molecule has 29 heavy (non-hydrogen) atoms. The first-order valence-corrected chi connectivity index (χ1v) is 11.0. The van der Waals surface area contributed by atoms with Gasteiger partial charge in [-0.1, -0.05) is 56.3 Å². The summed E-state index contributed by atoms with van der Waals surface area (Å²) >= 11 is 1.52. The molecule has 2 aromatic rings. The lowest BCUT2D eigenvalue weighted by molar-refractivity contribution is -0.138. The van der Waals surface area contributed by atoms with Crippen molar-refractivity contribution in [2.24, 2.45) is 5.92 Å². The van der Waals surface area contributed by atoms with E-state index in [1.165, 1.54) is 23.9 Å². The fourth-order valence-electron chi connectivity index (χ4n) is 2.73. The third-order valence-corrected chi connectivity index (χ3v) is 5.44.